The van der Waals surface area contributed by atoms with E-state index in [0.717, 1.165) is 29.9 Å². The van der Waals surface area contributed by atoms with E-state index < -0.39 is 0 Å². The first kappa shape index (κ1) is 25.5. The molecule has 0 unspecified atom stereocenters. The fraction of sp³-hybridized carbons (Fsp3) is 0.545. The first-order valence-electron chi connectivity index (χ1n) is 9.76. The molecular formula is C22H38N6. The van der Waals surface area contributed by atoms with Crippen LogP contribution in [-0.2, 0) is 19.9 Å². The molecule has 2 heterocycles. The number of aromatic nitrogens is 6. The minimum atomic E-state index is 0. The maximum absolute atomic E-state index is 4.15. The second kappa shape index (κ2) is 13.6. The van der Waals surface area contributed by atoms with Crippen LogP contribution in [0.15, 0.2) is 42.7 Å². The van der Waals surface area contributed by atoms with Crippen molar-refractivity contribution < 1.29 is 0 Å². The number of aryl methyl sites for hydroxylation is 1. The van der Waals surface area contributed by atoms with Gasteiger partial charge in [0.15, 0.2) is 0 Å². The lowest BCUT2D eigenvalue weighted by Gasteiger charge is -1.99. The van der Waals surface area contributed by atoms with Gasteiger partial charge in [-0.05, 0) is 36.8 Å². The van der Waals surface area contributed by atoms with Gasteiger partial charge in [-0.2, -0.15) is 0 Å². The summed E-state index contributed by atoms with van der Waals surface area (Å²) in [6.45, 7) is 12.7. The van der Waals surface area contributed by atoms with Crippen molar-refractivity contribution in [2.75, 3.05) is 0 Å². The lowest BCUT2D eigenvalue weighted by molar-refractivity contribution is 0.633. The van der Waals surface area contributed by atoms with E-state index in [1.807, 2.05) is 68.3 Å². The van der Waals surface area contributed by atoms with E-state index in [2.05, 4.69) is 48.3 Å². The monoisotopic (exact) mass is 386 g/mol. The molecule has 0 aliphatic heterocycles. The zero-order chi connectivity index (χ0) is 20.2. The van der Waals surface area contributed by atoms with Crippen molar-refractivity contribution in [1.29, 1.82) is 0 Å². The Bertz CT molecular complexity index is 743. The summed E-state index contributed by atoms with van der Waals surface area (Å²) >= 11 is 0. The molecule has 6 nitrogen and oxygen atoms in total. The molecule has 0 amide bonds. The fourth-order valence-electron chi connectivity index (χ4n) is 2.42. The van der Waals surface area contributed by atoms with E-state index in [9.17, 15) is 0 Å². The van der Waals surface area contributed by atoms with Crippen LogP contribution in [0.4, 0.5) is 0 Å². The van der Waals surface area contributed by atoms with Gasteiger partial charge in [-0.3, -0.25) is 4.68 Å². The van der Waals surface area contributed by atoms with Crippen LogP contribution in [0.1, 0.15) is 60.4 Å². The summed E-state index contributed by atoms with van der Waals surface area (Å²) in [6.07, 6.45) is 5.95. The van der Waals surface area contributed by atoms with Gasteiger partial charge in [-0.25, -0.2) is 4.68 Å². The summed E-state index contributed by atoms with van der Waals surface area (Å²) in [5.74, 6) is 1.28. The Morgan fingerprint density at radius 2 is 1.29 bits per heavy atom. The highest BCUT2D eigenvalue weighted by molar-refractivity contribution is 5.29. The summed E-state index contributed by atoms with van der Waals surface area (Å²) in [6, 6.07) is 10.0. The van der Waals surface area contributed by atoms with Crippen molar-refractivity contribution in [2.24, 2.45) is 18.9 Å². The van der Waals surface area contributed by atoms with Crippen molar-refractivity contribution in [2.45, 2.75) is 61.8 Å². The first-order valence-corrected chi connectivity index (χ1v) is 9.76. The van der Waals surface area contributed by atoms with Gasteiger partial charge < -0.3 is 0 Å². The van der Waals surface area contributed by atoms with Crippen LogP contribution in [0.2, 0.25) is 0 Å². The Balaban J connectivity index is 0.000000493. The van der Waals surface area contributed by atoms with Crippen LogP contribution in [0.25, 0.3) is 5.69 Å². The number of hydrogen-bond acceptors (Lipinski definition) is 4. The predicted molar refractivity (Wildman–Crippen MR) is 118 cm³/mol. The van der Waals surface area contributed by atoms with Gasteiger partial charge in [0.25, 0.3) is 0 Å². The van der Waals surface area contributed by atoms with Crippen molar-refractivity contribution in [3.05, 3.63) is 54.1 Å². The van der Waals surface area contributed by atoms with Crippen molar-refractivity contribution in [3.8, 4) is 5.69 Å². The Morgan fingerprint density at radius 3 is 1.75 bits per heavy atom. The van der Waals surface area contributed by atoms with Gasteiger partial charge in [0.2, 0.25) is 0 Å². The normalized spacial score (nSPS) is 9.89. The topological polar surface area (TPSA) is 61.4 Å². The van der Waals surface area contributed by atoms with E-state index in [4.69, 9.17) is 0 Å². The van der Waals surface area contributed by atoms with Crippen molar-refractivity contribution in [3.63, 3.8) is 0 Å². The molecule has 0 N–H and O–H groups in total. The van der Waals surface area contributed by atoms with Crippen LogP contribution < -0.4 is 0 Å². The Kier molecular flexibility index (Phi) is 12.4. The first-order chi connectivity index (χ1) is 12.9. The molecule has 0 saturated heterocycles. The molecule has 0 aliphatic carbocycles. The Morgan fingerprint density at radius 1 is 0.786 bits per heavy atom. The molecule has 1 aromatic carbocycles. The molecule has 0 fully saturated rings. The third kappa shape index (κ3) is 9.44. The zero-order valence-electron chi connectivity index (χ0n) is 17.8. The molecule has 156 valence electrons. The van der Waals surface area contributed by atoms with Gasteiger partial charge in [-0.15, -0.1) is 10.2 Å². The summed E-state index contributed by atoms with van der Waals surface area (Å²) in [7, 11) is 1.89. The zero-order valence-corrected chi connectivity index (χ0v) is 17.8. The van der Waals surface area contributed by atoms with Gasteiger partial charge in [0.1, 0.15) is 0 Å². The van der Waals surface area contributed by atoms with Gasteiger partial charge >= 0.3 is 0 Å². The molecule has 0 radical (unpaired) electrons. The molecule has 0 aliphatic rings. The second-order valence-corrected chi connectivity index (χ2v) is 7.07. The van der Waals surface area contributed by atoms with Crippen molar-refractivity contribution >= 4 is 0 Å². The van der Waals surface area contributed by atoms with Crippen LogP contribution in [0, 0.1) is 11.8 Å². The summed E-state index contributed by atoms with van der Waals surface area (Å²) in [4.78, 5) is 0. The lowest BCUT2D eigenvalue weighted by atomic mass is 10.1. The highest BCUT2D eigenvalue weighted by atomic mass is 15.4. The lowest BCUT2D eigenvalue weighted by Crippen LogP contribution is -1.94. The molecule has 0 saturated carbocycles. The average molecular weight is 387 g/mol. The molecule has 3 aromatic rings. The van der Waals surface area contributed by atoms with E-state index in [0.29, 0.717) is 11.8 Å². The fourth-order valence-corrected chi connectivity index (χ4v) is 2.42. The van der Waals surface area contributed by atoms with Crippen molar-refractivity contribution in [1.82, 2.24) is 30.0 Å². The number of benzene rings is 1. The van der Waals surface area contributed by atoms with E-state index in [1.165, 1.54) is 0 Å². The van der Waals surface area contributed by atoms with E-state index >= 15 is 0 Å². The minimum Gasteiger partial charge on any atom is -0.255 e. The van der Waals surface area contributed by atoms with Gasteiger partial charge in [-0.1, -0.05) is 77.6 Å². The van der Waals surface area contributed by atoms with E-state index in [1.54, 1.807) is 4.68 Å². The minimum absolute atomic E-state index is 0. The van der Waals surface area contributed by atoms with Crippen LogP contribution in [-0.4, -0.2) is 30.0 Å². The second-order valence-electron chi connectivity index (χ2n) is 7.07. The smallest absolute Gasteiger partial charge is 0.0834 e. The maximum Gasteiger partial charge on any atom is 0.0834 e. The summed E-state index contributed by atoms with van der Waals surface area (Å²) in [5, 5.41) is 16.1. The van der Waals surface area contributed by atoms with Crippen LogP contribution in [0.5, 0.6) is 0 Å². The third-order valence-corrected chi connectivity index (χ3v) is 3.45. The molecule has 6 heteroatoms. The number of rotatable bonds is 5. The SMILES string of the molecule is C.CC.CC(C)Cc1cn(-c2ccccc2)nn1.CC(C)Cc1cn(C)nn1. The highest BCUT2D eigenvalue weighted by Crippen LogP contribution is 2.08. The quantitative estimate of drug-likeness (QED) is 0.609. The third-order valence-electron chi connectivity index (χ3n) is 3.45. The molecule has 3 rings (SSSR count). The summed E-state index contributed by atoms with van der Waals surface area (Å²) in [5.41, 5.74) is 3.19. The van der Waals surface area contributed by atoms with Crippen LogP contribution in [0.3, 0.4) is 0 Å². The largest absolute Gasteiger partial charge is 0.255 e. The molecule has 28 heavy (non-hydrogen) atoms. The average Bonchev–Trinajstić information content (AvgIpc) is 3.26. The maximum atomic E-state index is 4.15. The highest BCUT2D eigenvalue weighted by Gasteiger charge is 2.04. The number of para-hydroxylation sites is 1. The molecule has 2 aromatic heterocycles. The standard InChI is InChI=1S/C12H15N3.C7H13N3.C2H6.CH4/c1-10(2)8-11-9-15(14-13-11)12-6-4-3-5-7-12;1-6(2)4-7-5-10(3)9-8-7;1-2;/h3-7,9-10H,8H2,1-2H3;5-6H,4H2,1-3H3;1-2H3;1H4. The molecule has 0 bridgehead atoms. The number of hydrogen-bond donors (Lipinski definition) is 0. The molecule has 0 spiro atoms. The molecule has 0 atom stereocenters. The number of nitrogens with zero attached hydrogens (tertiary/aromatic N) is 6. The van der Waals surface area contributed by atoms with Gasteiger partial charge in [0.05, 0.1) is 23.3 Å². The van der Waals surface area contributed by atoms with Gasteiger partial charge in [0, 0.05) is 13.2 Å². The Labute approximate surface area is 171 Å². The summed E-state index contributed by atoms with van der Waals surface area (Å²) < 4.78 is 3.55. The van der Waals surface area contributed by atoms with E-state index in [-0.39, 0.29) is 7.43 Å². The Hall–Kier alpha value is -2.50. The molecular weight excluding hydrogens is 348 g/mol. The predicted octanol–water partition coefficient (Wildman–Crippen LogP) is 5.14. The van der Waals surface area contributed by atoms with Crippen LogP contribution >= 0.6 is 0 Å².